The highest BCUT2D eigenvalue weighted by Crippen LogP contribution is 2.52. The summed E-state index contributed by atoms with van der Waals surface area (Å²) >= 11 is 3.71. The molecule has 0 amide bonds. The van der Waals surface area contributed by atoms with Gasteiger partial charge in [-0.05, 0) is 48.5 Å². The molecule has 14 aromatic rings. The summed E-state index contributed by atoms with van der Waals surface area (Å²) in [5.41, 5.74) is 9.95. The summed E-state index contributed by atoms with van der Waals surface area (Å²) in [6, 6.07) is 71.6. The number of fused-ring (bicyclic) bond motifs is 15. The zero-order valence-electron chi connectivity index (χ0n) is 34.1. The van der Waals surface area contributed by atoms with Crippen LogP contribution in [0.5, 0.6) is 0 Å². The maximum atomic E-state index is 5.25. The van der Waals surface area contributed by atoms with Gasteiger partial charge in [-0.15, -0.1) is 22.7 Å². The topological polar surface area (TPSA) is 48.5 Å². The normalized spacial score (nSPS) is 12.1. The maximum absolute atomic E-state index is 5.25. The molecule has 0 radical (unpaired) electrons. The molecule has 0 saturated carbocycles. The van der Waals surface area contributed by atoms with Crippen molar-refractivity contribution < 1.29 is 0 Å². The van der Waals surface area contributed by atoms with Crippen LogP contribution in [0.1, 0.15) is 0 Å². The Morgan fingerprint density at radius 1 is 0.328 bits per heavy atom. The van der Waals surface area contributed by atoms with Crippen molar-refractivity contribution in [3.05, 3.63) is 200 Å². The predicted octanol–water partition coefficient (Wildman–Crippen LogP) is 15.8. The molecule has 0 saturated heterocycles. The van der Waals surface area contributed by atoms with Gasteiger partial charge in [-0.25, -0.2) is 15.0 Å². The maximum Gasteiger partial charge on any atom is 0.165 e. The molecule has 0 aliphatic carbocycles. The van der Waals surface area contributed by atoms with Crippen LogP contribution in [0.4, 0.5) is 0 Å². The lowest BCUT2D eigenvalue weighted by Gasteiger charge is -2.15. The molecule has 0 spiro atoms. The Bertz CT molecular complexity index is 4120. The fourth-order valence-corrected chi connectivity index (χ4v) is 12.6. The van der Waals surface area contributed by atoms with Crippen LogP contribution in [0.2, 0.25) is 0 Å². The molecule has 0 unspecified atom stereocenters. The second kappa shape index (κ2) is 13.8. The van der Waals surface area contributed by atoms with E-state index >= 15 is 0 Å². The third-order valence-electron chi connectivity index (χ3n) is 12.7. The largest absolute Gasteiger partial charge is 0.308 e. The Labute approximate surface area is 374 Å². The minimum Gasteiger partial charge on any atom is -0.308 e. The Hall–Kier alpha value is -7.97. The summed E-state index contributed by atoms with van der Waals surface area (Å²) in [6.07, 6.45) is 0. The molecular formula is C57H33N5S2. The number of hydrogen-bond acceptors (Lipinski definition) is 5. The summed E-state index contributed by atoms with van der Waals surface area (Å²) < 4.78 is 10.0. The van der Waals surface area contributed by atoms with Crippen LogP contribution in [0.3, 0.4) is 0 Å². The van der Waals surface area contributed by atoms with Gasteiger partial charge in [0.25, 0.3) is 0 Å². The van der Waals surface area contributed by atoms with Crippen molar-refractivity contribution in [2.45, 2.75) is 0 Å². The summed E-state index contributed by atoms with van der Waals surface area (Å²) in [7, 11) is 0. The number of thiophene rings is 2. The van der Waals surface area contributed by atoms with Crippen LogP contribution < -0.4 is 0 Å². The van der Waals surface area contributed by atoms with E-state index in [9.17, 15) is 0 Å². The van der Waals surface area contributed by atoms with Gasteiger partial charge in [0.1, 0.15) is 0 Å². The molecule has 0 bridgehead atoms. The highest BCUT2D eigenvalue weighted by Gasteiger charge is 2.28. The SMILES string of the molecule is c1ccc(-c2nc(-c3ccccc3)nc(-c3ccc(-n4c5ccccc5c5c6c(c7ccccc7n6-c6ccccc6)c6sc7ccccc7c6c54)c4c3sc3ccccc34)n2)cc1. The van der Waals surface area contributed by atoms with Gasteiger partial charge in [0, 0.05) is 84.3 Å². The van der Waals surface area contributed by atoms with Crippen molar-refractivity contribution in [1.29, 1.82) is 0 Å². The van der Waals surface area contributed by atoms with Gasteiger partial charge in [-0.2, -0.15) is 0 Å². The number of hydrogen-bond donors (Lipinski definition) is 0. The van der Waals surface area contributed by atoms with E-state index in [-0.39, 0.29) is 0 Å². The number of rotatable bonds is 5. The zero-order valence-corrected chi connectivity index (χ0v) is 35.7. The number of nitrogens with zero attached hydrogens (tertiary/aromatic N) is 5. The van der Waals surface area contributed by atoms with E-state index in [4.69, 9.17) is 15.0 Å². The molecule has 5 aromatic heterocycles. The van der Waals surface area contributed by atoms with Crippen molar-refractivity contribution in [1.82, 2.24) is 24.1 Å². The number of aromatic nitrogens is 5. The molecule has 298 valence electrons. The standard InChI is InChI=1S/C57H33N5S2/c1-4-18-34(19-5-1)55-58-56(35-20-6-2-7-21-35)60-57(59-55)41-32-33-44(47-39-26-12-16-30-45(39)63-53(41)47)62-43-29-15-10-24-37(43)48-51-49(54-50(52(48)62)40-27-13-17-31-46(40)64-54)38-25-11-14-28-42(38)61(51)36-22-8-3-9-23-36/h1-33H. The molecule has 14 rings (SSSR count). The second-order valence-electron chi connectivity index (χ2n) is 16.3. The number of para-hydroxylation sites is 3. The van der Waals surface area contributed by atoms with Gasteiger partial charge in [0.2, 0.25) is 0 Å². The van der Waals surface area contributed by atoms with Gasteiger partial charge in [0.15, 0.2) is 17.5 Å². The first-order valence-corrected chi connectivity index (χ1v) is 23.1. The Morgan fingerprint density at radius 2 is 0.781 bits per heavy atom. The first-order valence-electron chi connectivity index (χ1n) is 21.5. The Balaban J connectivity index is 1.16. The van der Waals surface area contributed by atoms with Crippen molar-refractivity contribution in [3.63, 3.8) is 0 Å². The molecule has 5 heterocycles. The monoisotopic (exact) mass is 851 g/mol. The molecule has 0 atom stereocenters. The van der Waals surface area contributed by atoms with E-state index < -0.39 is 0 Å². The van der Waals surface area contributed by atoms with Gasteiger partial charge < -0.3 is 9.13 Å². The van der Waals surface area contributed by atoms with Crippen molar-refractivity contribution in [3.8, 4) is 45.5 Å². The Kier molecular flexibility index (Phi) is 7.66. The van der Waals surface area contributed by atoms with E-state index in [2.05, 4.69) is 173 Å². The minimum absolute atomic E-state index is 0.648. The summed E-state index contributed by atoms with van der Waals surface area (Å²) in [5, 5.41) is 9.96. The van der Waals surface area contributed by atoms with E-state index in [0.717, 1.165) is 38.3 Å². The average Bonchev–Trinajstić information content (AvgIpc) is 4.13. The molecule has 0 N–H and O–H groups in total. The third-order valence-corrected chi connectivity index (χ3v) is 15.1. The highest BCUT2D eigenvalue weighted by molar-refractivity contribution is 7.27. The van der Waals surface area contributed by atoms with Crippen molar-refractivity contribution >= 4 is 107 Å². The smallest absolute Gasteiger partial charge is 0.165 e. The zero-order chi connectivity index (χ0) is 41.9. The molecule has 0 aliphatic heterocycles. The van der Waals surface area contributed by atoms with E-state index in [1.54, 1.807) is 11.3 Å². The molecule has 64 heavy (non-hydrogen) atoms. The van der Waals surface area contributed by atoms with Crippen LogP contribution in [-0.2, 0) is 0 Å². The van der Waals surface area contributed by atoms with Gasteiger partial charge in [-0.3, -0.25) is 0 Å². The van der Waals surface area contributed by atoms with E-state index in [1.165, 1.54) is 73.7 Å². The molecule has 0 aliphatic rings. The third kappa shape index (κ3) is 5.07. The predicted molar refractivity (Wildman–Crippen MR) is 271 cm³/mol. The van der Waals surface area contributed by atoms with Crippen LogP contribution in [0.15, 0.2) is 200 Å². The van der Waals surface area contributed by atoms with Crippen molar-refractivity contribution in [2.75, 3.05) is 0 Å². The summed E-state index contributed by atoms with van der Waals surface area (Å²) in [5.74, 6) is 1.95. The Morgan fingerprint density at radius 3 is 1.42 bits per heavy atom. The van der Waals surface area contributed by atoms with Gasteiger partial charge >= 0.3 is 0 Å². The van der Waals surface area contributed by atoms with Crippen molar-refractivity contribution in [2.24, 2.45) is 0 Å². The van der Waals surface area contributed by atoms with Gasteiger partial charge in [-0.1, -0.05) is 152 Å². The lowest BCUT2D eigenvalue weighted by atomic mass is 10.0. The lowest BCUT2D eigenvalue weighted by Crippen LogP contribution is -2.01. The quantitative estimate of drug-likeness (QED) is 0.173. The molecule has 7 heteroatoms. The molecule has 5 nitrogen and oxygen atoms in total. The van der Waals surface area contributed by atoms with Gasteiger partial charge in [0.05, 0.1) is 27.8 Å². The van der Waals surface area contributed by atoms with Crippen LogP contribution in [0.25, 0.3) is 129 Å². The van der Waals surface area contributed by atoms with E-state index in [1.807, 2.05) is 47.7 Å². The highest BCUT2D eigenvalue weighted by atomic mass is 32.1. The lowest BCUT2D eigenvalue weighted by molar-refractivity contribution is 1.08. The van der Waals surface area contributed by atoms with Crippen LogP contribution >= 0.6 is 22.7 Å². The fourth-order valence-electron chi connectivity index (χ4n) is 10.1. The summed E-state index contributed by atoms with van der Waals surface area (Å²) in [6.45, 7) is 0. The second-order valence-corrected chi connectivity index (χ2v) is 18.4. The molecular weight excluding hydrogens is 819 g/mol. The fraction of sp³-hybridized carbons (Fsp3) is 0. The first-order chi connectivity index (χ1) is 31.8. The molecule has 9 aromatic carbocycles. The molecule has 0 fully saturated rings. The minimum atomic E-state index is 0.648. The first kappa shape index (κ1) is 35.6. The van der Waals surface area contributed by atoms with E-state index in [0.29, 0.717) is 17.5 Å². The average molecular weight is 852 g/mol. The number of benzene rings is 9. The van der Waals surface area contributed by atoms with Crippen LogP contribution in [0, 0.1) is 0 Å². The van der Waals surface area contributed by atoms with Crippen LogP contribution in [-0.4, -0.2) is 24.1 Å². The summed E-state index contributed by atoms with van der Waals surface area (Å²) in [4.78, 5) is 15.5.